The average Bonchev–Trinajstić information content (AvgIpc) is 3.69. The number of hydrogen-bond acceptors (Lipinski definition) is 6. The van der Waals surface area contributed by atoms with Crippen LogP contribution in [0.25, 0.3) is 21.8 Å². The summed E-state index contributed by atoms with van der Waals surface area (Å²) in [5.41, 5.74) is 2.84. The van der Waals surface area contributed by atoms with Gasteiger partial charge in [-0.15, -0.1) is 6.42 Å². The molecule has 0 radical (unpaired) electrons. The highest BCUT2D eigenvalue weighted by Crippen LogP contribution is 2.33. The van der Waals surface area contributed by atoms with Crippen LogP contribution in [0.15, 0.2) is 99.0 Å². The fourth-order valence-corrected chi connectivity index (χ4v) is 8.97. The van der Waals surface area contributed by atoms with E-state index < -0.39 is 0 Å². The molecule has 13 heteroatoms. The molecular formula is C48H41BrF2N6O4. The van der Waals surface area contributed by atoms with Crippen molar-refractivity contribution in [1.82, 2.24) is 29.7 Å². The zero-order valence-corrected chi connectivity index (χ0v) is 34.8. The molecule has 2 spiro atoms. The molecule has 2 aromatic heterocycles. The van der Waals surface area contributed by atoms with Crippen molar-refractivity contribution in [2.45, 2.75) is 88.4 Å². The Morgan fingerprint density at radius 1 is 0.590 bits per heavy atom. The van der Waals surface area contributed by atoms with E-state index in [1.54, 1.807) is 45.5 Å². The number of rotatable bonds is 0. The molecule has 2 atom stereocenters. The van der Waals surface area contributed by atoms with Gasteiger partial charge in [0, 0.05) is 71.0 Å². The fraction of sp³-hybridized carbons (Fsp3) is 0.292. The van der Waals surface area contributed by atoms with Gasteiger partial charge in [-0.05, 0) is 111 Å². The highest BCUT2D eigenvalue weighted by molar-refractivity contribution is 9.10. The molecule has 2 N–H and O–H groups in total. The van der Waals surface area contributed by atoms with Crippen molar-refractivity contribution in [2.75, 3.05) is 0 Å². The van der Waals surface area contributed by atoms with E-state index in [4.69, 9.17) is 16.4 Å². The maximum absolute atomic E-state index is 13.3. The Labute approximate surface area is 358 Å². The zero-order valence-electron chi connectivity index (χ0n) is 33.2. The van der Waals surface area contributed by atoms with E-state index >= 15 is 0 Å². The molecule has 6 heterocycles. The van der Waals surface area contributed by atoms with E-state index in [1.807, 2.05) is 24.3 Å². The molecular weight excluding hydrogens is 842 g/mol. The maximum Gasteiger partial charge on any atom is 0.261 e. The number of benzene rings is 4. The lowest BCUT2D eigenvalue weighted by Crippen LogP contribution is -2.42. The number of aromatic nitrogens is 4. The summed E-state index contributed by atoms with van der Waals surface area (Å²) in [5, 5.41) is 7.46. The van der Waals surface area contributed by atoms with Gasteiger partial charge < -0.3 is 10.6 Å². The number of carbonyl (C=O) groups is 2. The molecule has 308 valence electrons. The average molecular weight is 884 g/mol. The number of nitrogens with one attached hydrogen (secondary N) is 2. The molecule has 0 saturated carbocycles. The number of carbonyl (C=O) groups excluding carboxylic acids is 2. The van der Waals surface area contributed by atoms with Crippen molar-refractivity contribution in [1.29, 1.82) is 0 Å². The Kier molecular flexibility index (Phi) is 11.7. The maximum atomic E-state index is 13.3. The third-order valence-electron chi connectivity index (χ3n) is 12.0. The van der Waals surface area contributed by atoms with Gasteiger partial charge in [-0.3, -0.25) is 28.3 Å². The van der Waals surface area contributed by atoms with Gasteiger partial charge in [-0.1, -0.05) is 45.8 Å². The van der Waals surface area contributed by atoms with Gasteiger partial charge in [0.2, 0.25) is 11.8 Å². The van der Waals surface area contributed by atoms with E-state index in [2.05, 4.69) is 44.3 Å². The van der Waals surface area contributed by atoms with Crippen LogP contribution in [0.3, 0.4) is 0 Å². The molecule has 2 saturated heterocycles. The van der Waals surface area contributed by atoms with E-state index in [0.29, 0.717) is 59.8 Å². The number of nitrogens with zero attached hydrogens (tertiary/aromatic N) is 4. The predicted molar refractivity (Wildman–Crippen MR) is 233 cm³/mol. The number of hydrogen-bond donors (Lipinski definition) is 2. The first-order chi connectivity index (χ1) is 29.4. The van der Waals surface area contributed by atoms with Crippen LogP contribution >= 0.6 is 15.9 Å². The minimum Gasteiger partial charge on any atom is -0.351 e. The molecule has 0 aliphatic carbocycles. The Hall–Kier alpha value is -6.44. The standard InChI is InChI=1S/C24H20FN3O2.C16H16BrN3O2.C8H5F/c25-18-3-1-2-16(14-18)4-5-17-6-7-19-20(15-17)26-21-8-10-24(11-9-22(29)27-24)12-13-28(21)23(19)30;17-10-1-2-11-12(9-10)18-13-3-5-16(6-4-14(21)19-16)7-8-20(13)15(11)22;1-2-7-4-3-5-8(9)6-7/h1-3,6-7,14-15H,8-13H2,(H,27,29);1-2,9H,3-8H2,(H,19,21);1,3-6H. The molecule has 10 nitrogen and oxygen atoms in total. The molecule has 10 rings (SSSR count). The third kappa shape index (κ3) is 9.18. The number of fused-ring (bicyclic) bond motifs is 4. The van der Waals surface area contributed by atoms with Crippen LogP contribution in [0, 0.1) is 35.8 Å². The first-order valence-electron chi connectivity index (χ1n) is 20.2. The van der Waals surface area contributed by atoms with Gasteiger partial charge >= 0.3 is 0 Å². The fourth-order valence-electron chi connectivity index (χ4n) is 8.62. The first-order valence-corrected chi connectivity index (χ1v) is 21.0. The molecule has 4 aliphatic heterocycles. The van der Waals surface area contributed by atoms with E-state index in [1.165, 1.54) is 24.3 Å². The number of halogens is 3. The summed E-state index contributed by atoms with van der Waals surface area (Å²) >= 11 is 3.43. The van der Waals surface area contributed by atoms with E-state index in [9.17, 15) is 28.0 Å². The smallest absolute Gasteiger partial charge is 0.261 e. The lowest BCUT2D eigenvalue weighted by atomic mass is 9.89. The largest absolute Gasteiger partial charge is 0.351 e. The van der Waals surface area contributed by atoms with Gasteiger partial charge in [0.05, 0.1) is 21.8 Å². The van der Waals surface area contributed by atoms with Crippen LogP contribution in [0.5, 0.6) is 0 Å². The third-order valence-corrected chi connectivity index (χ3v) is 12.4. The highest BCUT2D eigenvalue weighted by Gasteiger charge is 2.40. The van der Waals surface area contributed by atoms with Crippen LogP contribution < -0.4 is 21.8 Å². The van der Waals surface area contributed by atoms with Crippen molar-refractivity contribution < 1.29 is 18.4 Å². The van der Waals surface area contributed by atoms with Gasteiger partial charge in [-0.25, -0.2) is 18.7 Å². The van der Waals surface area contributed by atoms with Crippen molar-refractivity contribution in [3.63, 3.8) is 0 Å². The summed E-state index contributed by atoms with van der Waals surface area (Å²) in [6, 6.07) is 23.0. The molecule has 2 unspecified atom stereocenters. The summed E-state index contributed by atoms with van der Waals surface area (Å²) in [5.74, 6) is 9.48. The van der Waals surface area contributed by atoms with Crippen molar-refractivity contribution in [2.24, 2.45) is 0 Å². The second kappa shape index (κ2) is 17.3. The number of amides is 2. The summed E-state index contributed by atoms with van der Waals surface area (Å²) in [4.78, 5) is 58.6. The molecule has 61 heavy (non-hydrogen) atoms. The Bertz CT molecular complexity index is 2970. The number of aryl methyl sites for hydroxylation is 2. The molecule has 4 aliphatic rings. The topological polar surface area (TPSA) is 128 Å². The summed E-state index contributed by atoms with van der Waals surface area (Å²) < 4.78 is 30.0. The quantitative estimate of drug-likeness (QED) is 0.161. The minimum atomic E-state index is -0.325. The molecule has 2 amide bonds. The second-order valence-corrected chi connectivity index (χ2v) is 16.9. The van der Waals surface area contributed by atoms with Crippen LogP contribution in [0.4, 0.5) is 8.78 Å². The monoisotopic (exact) mass is 882 g/mol. The van der Waals surface area contributed by atoms with E-state index in [-0.39, 0.29) is 45.6 Å². The van der Waals surface area contributed by atoms with Gasteiger partial charge in [0.1, 0.15) is 23.3 Å². The Morgan fingerprint density at radius 2 is 1.07 bits per heavy atom. The zero-order chi connectivity index (χ0) is 42.7. The SMILES string of the molecule is C#Cc1cccc(F)c1.O=C1CCC2(CCc3nc4cc(Br)ccc4c(=O)n3CC2)N1.O=C1CCC2(CCc3nc4cc(C#Cc5cccc(F)c5)ccc4c(=O)n3CC2)N1. The van der Waals surface area contributed by atoms with Crippen LogP contribution in [-0.2, 0) is 35.5 Å². The van der Waals surface area contributed by atoms with Crippen molar-refractivity contribution in [3.8, 4) is 24.2 Å². The van der Waals surface area contributed by atoms with Gasteiger partial charge in [-0.2, -0.15) is 0 Å². The Morgan fingerprint density at radius 3 is 1.56 bits per heavy atom. The van der Waals surface area contributed by atoms with Crippen molar-refractivity contribution in [3.05, 3.63) is 150 Å². The summed E-state index contributed by atoms with van der Waals surface area (Å²) in [7, 11) is 0. The minimum absolute atomic E-state index is 0.0221. The predicted octanol–water partition coefficient (Wildman–Crippen LogP) is 6.87. The lowest BCUT2D eigenvalue weighted by Gasteiger charge is -2.26. The molecule has 6 aromatic rings. The summed E-state index contributed by atoms with van der Waals surface area (Å²) in [6.07, 6.45) is 12.4. The number of terminal acetylenes is 1. The lowest BCUT2D eigenvalue weighted by molar-refractivity contribution is -0.120. The van der Waals surface area contributed by atoms with Gasteiger partial charge in [0.15, 0.2) is 0 Å². The van der Waals surface area contributed by atoms with Gasteiger partial charge in [0.25, 0.3) is 11.1 Å². The molecule has 2 fully saturated rings. The first kappa shape index (κ1) is 41.3. The van der Waals surface area contributed by atoms with Crippen LogP contribution in [0.1, 0.15) is 79.7 Å². The van der Waals surface area contributed by atoms with Crippen LogP contribution in [0.2, 0.25) is 0 Å². The molecule has 0 bridgehead atoms. The van der Waals surface area contributed by atoms with Crippen molar-refractivity contribution >= 4 is 49.6 Å². The highest BCUT2D eigenvalue weighted by atomic mass is 79.9. The van der Waals surface area contributed by atoms with Crippen LogP contribution in [-0.4, -0.2) is 42.0 Å². The Balaban J connectivity index is 0.000000144. The van der Waals surface area contributed by atoms with E-state index in [0.717, 1.165) is 72.1 Å². The summed E-state index contributed by atoms with van der Waals surface area (Å²) in [6.45, 7) is 1.17. The normalized spacial score (nSPS) is 20.0. The molecule has 4 aromatic carbocycles. The second-order valence-electron chi connectivity index (χ2n) is 15.9.